The van der Waals surface area contributed by atoms with Crippen LogP contribution in [0.5, 0.6) is 0 Å². The van der Waals surface area contributed by atoms with Crippen LogP contribution >= 0.6 is 0 Å². The van der Waals surface area contributed by atoms with E-state index in [1.54, 1.807) is 42.5 Å². The van der Waals surface area contributed by atoms with Gasteiger partial charge < -0.3 is 20.5 Å². The highest BCUT2D eigenvalue weighted by atomic mass is 16.2. The minimum atomic E-state index is -0.990. The highest BCUT2D eigenvalue weighted by Gasteiger charge is 2.44. The molecule has 4 aromatic rings. The average Bonchev–Trinajstić information content (AvgIpc) is 3.87. The zero-order valence-electron chi connectivity index (χ0n) is 31.4. The van der Waals surface area contributed by atoms with E-state index in [1.165, 1.54) is 12.8 Å². The summed E-state index contributed by atoms with van der Waals surface area (Å²) in [5.74, 6) is -0.973. The number of amides is 6. The zero-order chi connectivity index (χ0) is 38.9. The second kappa shape index (κ2) is 15.7. The maximum Gasteiger partial charge on any atom is 0.262 e. The lowest BCUT2D eigenvalue weighted by Gasteiger charge is -2.32. The number of nitrogens with zero attached hydrogens (tertiary/aromatic N) is 4. The van der Waals surface area contributed by atoms with Gasteiger partial charge in [-0.05, 0) is 125 Å². The summed E-state index contributed by atoms with van der Waals surface area (Å²) in [4.78, 5) is 89.8. The number of aromatic amines is 1. The lowest BCUT2D eigenvalue weighted by molar-refractivity contribution is -0.136. The quantitative estimate of drug-likeness (QED) is 0.122. The largest absolute Gasteiger partial charge is 0.385 e. The summed E-state index contributed by atoms with van der Waals surface area (Å²) in [5.41, 5.74) is 4.64. The molecule has 5 heterocycles. The molecule has 1 aromatic heterocycles. The second-order valence-corrected chi connectivity index (χ2v) is 15.4. The number of carbonyl (C=O) groups excluding carboxylic acids is 6. The molecule has 14 nitrogen and oxygen atoms in total. The maximum absolute atomic E-state index is 13.3. The molecule has 3 fully saturated rings. The number of H-pyrrole nitrogens is 1. The fourth-order valence-corrected chi connectivity index (χ4v) is 8.41. The number of imidazole rings is 1. The molecule has 3 saturated heterocycles. The van der Waals surface area contributed by atoms with Gasteiger partial charge in [-0.2, -0.15) is 0 Å². The molecule has 290 valence electrons. The minimum absolute atomic E-state index is 0.0407. The monoisotopic (exact) mass is 758 g/mol. The van der Waals surface area contributed by atoms with Gasteiger partial charge in [-0.15, -0.1) is 0 Å². The van der Waals surface area contributed by atoms with Crippen molar-refractivity contribution < 1.29 is 28.8 Å². The molecule has 4 aliphatic heterocycles. The molecule has 4 aliphatic rings. The first-order chi connectivity index (χ1) is 27.1. The first-order valence-corrected chi connectivity index (χ1v) is 19.6. The normalized spacial score (nSPS) is 20.4. The molecule has 0 aliphatic carbocycles. The Morgan fingerprint density at radius 1 is 0.839 bits per heavy atom. The van der Waals surface area contributed by atoms with Crippen molar-refractivity contribution in [1.82, 2.24) is 30.0 Å². The number of anilines is 2. The number of benzene rings is 3. The van der Waals surface area contributed by atoms with Crippen LogP contribution in [-0.2, 0) is 16.1 Å². The Bertz CT molecular complexity index is 2210. The summed E-state index contributed by atoms with van der Waals surface area (Å²) in [5, 5.41) is 8.53. The van der Waals surface area contributed by atoms with E-state index in [0.29, 0.717) is 54.1 Å². The molecule has 0 radical (unpaired) electrons. The summed E-state index contributed by atoms with van der Waals surface area (Å²) >= 11 is 0. The number of nitrogens with one attached hydrogen (secondary N) is 4. The van der Waals surface area contributed by atoms with Gasteiger partial charge in [-0.3, -0.25) is 43.9 Å². The Labute approximate surface area is 324 Å². The molecule has 1 unspecified atom stereocenters. The predicted molar refractivity (Wildman–Crippen MR) is 209 cm³/mol. The maximum atomic E-state index is 13.3. The van der Waals surface area contributed by atoms with E-state index in [4.69, 9.17) is 4.98 Å². The van der Waals surface area contributed by atoms with Crippen molar-refractivity contribution >= 4 is 57.9 Å². The lowest BCUT2D eigenvalue weighted by Crippen LogP contribution is -2.54. The summed E-state index contributed by atoms with van der Waals surface area (Å²) in [6.07, 6.45) is 6.29. The van der Waals surface area contributed by atoms with Gasteiger partial charge in [0.15, 0.2) is 0 Å². The van der Waals surface area contributed by atoms with Crippen molar-refractivity contribution in [2.24, 2.45) is 5.92 Å². The Kier molecular flexibility index (Phi) is 10.4. The van der Waals surface area contributed by atoms with Crippen LogP contribution in [0.3, 0.4) is 0 Å². The highest BCUT2D eigenvalue weighted by molar-refractivity contribution is 6.23. The van der Waals surface area contributed by atoms with Crippen molar-refractivity contribution in [2.45, 2.75) is 76.9 Å². The molecule has 56 heavy (non-hydrogen) atoms. The number of hydrogen-bond acceptors (Lipinski definition) is 9. The van der Waals surface area contributed by atoms with E-state index in [1.807, 2.05) is 23.1 Å². The van der Waals surface area contributed by atoms with Gasteiger partial charge in [0, 0.05) is 54.6 Å². The molecule has 14 heteroatoms. The van der Waals surface area contributed by atoms with Gasteiger partial charge in [-0.1, -0.05) is 0 Å². The predicted octanol–water partition coefficient (Wildman–Crippen LogP) is 4.95. The minimum Gasteiger partial charge on any atom is -0.385 e. The van der Waals surface area contributed by atoms with Gasteiger partial charge in [0.2, 0.25) is 11.8 Å². The van der Waals surface area contributed by atoms with Crippen LogP contribution in [-0.4, -0.2) is 98.4 Å². The van der Waals surface area contributed by atoms with E-state index in [0.717, 1.165) is 60.5 Å². The van der Waals surface area contributed by atoms with Crippen molar-refractivity contribution in [3.8, 4) is 0 Å². The highest BCUT2D eigenvalue weighted by Crippen LogP contribution is 2.30. The Morgan fingerprint density at radius 2 is 1.59 bits per heavy atom. The Balaban J connectivity index is 0.769. The SMILES string of the molecule is C[C@H]1CCCN1Cc1nc2cc(NC(=O)c3ccc(C(=O)N4CCC(CCCNc5ccc6c(c5)C(=O)N(C5CCC(=O)NC5=O)C6=O)CC4)cc3)ccc2[nH]1. The molecule has 8 rings (SSSR count). The third-order valence-corrected chi connectivity index (χ3v) is 11.7. The Hall–Kier alpha value is -5.89. The van der Waals surface area contributed by atoms with E-state index in [9.17, 15) is 28.8 Å². The van der Waals surface area contributed by atoms with Crippen LogP contribution in [0.1, 0.15) is 106 Å². The van der Waals surface area contributed by atoms with Crippen molar-refractivity contribution in [3.63, 3.8) is 0 Å². The fourth-order valence-electron chi connectivity index (χ4n) is 8.41. The second-order valence-electron chi connectivity index (χ2n) is 15.4. The molecule has 2 atom stereocenters. The first kappa shape index (κ1) is 37.1. The van der Waals surface area contributed by atoms with Crippen molar-refractivity contribution in [2.75, 3.05) is 36.8 Å². The van der Waals surface area contributed by atoms with Crippen LogP contribution in [0.25, 0.3) is 11.0 Å². The Morgan fingerprint density at radius 3 is 2.34 bits per heavy atom. The molecule has 0 saturated carbocycles. The first-order valence-electron chi connectivity index (χ1n) is 19.6. The lowest BCUT2D eigenvalue weighted by atomic mass is 9.92. The van der Waals surface area contributed by atoms with Gasteiger partial charge in [0.25, 0.3) is 23.6 Å². The molecule has 0 bridgehead atoms. The van der Waals surface area contributed by atoms with Crippen LogP contribution in [0.15, 0.2) is 60.7 Å². The van der Waals surface area contributed by atoms with Gasteiger partial charge in [-0.25, -0.2) is 4.98 Å². The van der Waals surface area contributed by atoms with Crippen LogP contribution in [0, 0.1) is 5.92 Å². The summed E-state index contributed by atoms with van der Waals surface area (Å²) < 4.78 is 0. The van der Waals surface area contributed by atoms with Gasteiger partial charge in [0.1, 0.15) is 11.9 Å². The number of imide groups is 2. The third-order valence-electron chi connectivity index (χ3n) is 11.7. The van der Waals surface area contributed by atoms with E-state index < -0.39 is 29.7 Å². The number of carbonyl (C=O) groups is 6. The smallest absolute Gasteiger partial charge is 0.262 e. The molecule has 3 aromatic carbocycles. The summed E-state index contributed by atoms with van der Waals surface area (Å²) in [6.45, 7) is 6.12. The van der Waals surface area contributed by atoms with E-state index in [2.05, 4.69) is 32.8 Å². The number of aromatic nitrogens is 2. The number of piperidine rings is 2. The van der Waals surface area contributed by atoms with Crippen LogP contribution in [0.2, 0.25) is 0 Å². The zero-order valence-corrected chi connectivity index (χ0v) is 31.4. The number of fused-ring (bicyclic) bond motifs is 2. The standard InChI is InChI=1S/C42H46N8O6/c1-25-4-3-19-49(25)24-36-45-33-13-11-30(23-34(33)46-36)44-38(52)27-6-8-28(9-7-27)40(54)48-20-16-26(17-21-48)5-2-18-43-29-10-12-31-32(22-29)42(56)50(41(31)55)35-14-15-37(51)47-39(35)53/h6-13,22-23,25-26,35,43H,2-5,14-21,24H2,1H3,(H,44,52)(H,45,46)(H,47,51,53)/t25-,35?/m0/s1. The number of hydrogen-bond donors (Lipinski definition) is 4. The van der Waals surface area contributed by atoms with Crippen molar-refractivity contribution in [1.29, 1.82) is 0 Å². The molecule has 4 N–H and O–H groups in total. The number of rotatable bonds is 11. The van der Waals surface area contributed by atoms with Crippen LogP contribution in [0.4, 0.5) is 11.4 Å². The fraction of sp³-hybridized carbons (Fsp3) is 0.405. The van der Waals surface area contributed by atoms with E-state index in [-0.39, 0.29) is 35.8 Å². The summed E-state index contributed by atoms with van der Waals surface area (Å²) in [7, 11) is 0. The average molecular weight is 759 g/mol. The van der Waals surface area contributed by atoms with Crippen molar-refractivity contribution in [3.05, 3.63) is 88.7 Å². The van der Waals surface area contributed by atoms with Gasteiger partial charge in [0.05, 0.1) is 28.7 Å². The number of likely N-dealkylation sites (tertiary alicyclic amines) is 2. The van der Waals surface area contributed by atoms with E-state index >= 15 is 0 Å². The topological polar surface area (TPSA) is 177 Å². The molecule has 0 spiro atoms. The molecular formula is C42H46N8O6. The third kappa shape index (κ3) is 7.65. The van der Waals surface area contributed by atoms with Crippen LogP contribution < -0.4 is 16.0 Å². The molecule has 6 amide bonds. The summed E-state index contributed by atoms with van der Waals surface area (Å²) in [6, 6.07) is 17.1. The molecular weight excluding hydrogens is 713 g/mol. The van der Waals surface area contributed by atoms with Gasteiger partial charge >= 0.3 is 0 Å².